The summed E-state index contributed by atoms with van der Waals surface area (Å²) in [6, 6.07) is 15.9. The van der Waals surface area contributed by atoms with E-state index in [1.165, 1.54) is 12.1 Å². The molecule has 162 valence electrons. The van der Waals surface area contributed by atoms with E-state index in [2.05, 4.69) is 0 Å². The second-order valence-corrected chi connectivity index (χ2v) is 10.1. The highest BCUT2D eigenvalue weighted by Gasteiger charge is 2.28. The van der Waals surface area contributed by atoms with E-state index in [1.807, 2.05) is 45.0 Å². The molecule has 0 saturated carbocycles. The van der Waals surface area contributed by atoms with Gasteiger partial charge < -0.3 is 9.64 Å². The number of carbonyl (C=O) groups excluding carboxylic acids is 1. The summed E-state index contributed by atoms with van der Waals surface area (Å²) < 4.78 is 35.7. The van der Waals surface area contributed by atoms with Crippen molar-refractivity contribution in [3.05, 3.63) is 65.7 Å². The first-order valence-corrected chi connectivity index (χ1v) is 11.6. The van der Waals surface area contributed by atoms with E-state index in [-0.39, 0.29) is 23.5 Å². The zero-order chi connectivity index (χ0) is 21.8. The van der Waals surface area contributed by atoms with E-state index in [1.54, 1.807) is 23.1 Å². The summed E-state index contributed by atoms with van der Waals surface area (Å²) in [5.74, 6) is 0.239. The smallest absolute Gasteiger partial charge is 0.410 e. The van der Waals surface area contributed by atoms with Crippen molar-refractivity contribution in [1.82, 2.24) is 4.90 Å². The Labute approximate surface area is 178 Å². The molecule has 1 aliphatic rings. The van der Waals surface area contributed by atoms with Crippen LogP contribution in [0.3, 0.4) is 0 Å². The van der Waals surface area contributed by atoms with Crippen LogP contribution in [0.2, 0.25) is 0 Å². The predicted octanol–water partition coefficient (Wildman–Crippen LogP) is 4.71. The fourth-order valence-electron chi connectivity index (χ4n) is 3.56. The third-order valence-electron chi connectivity index (χ3n) is 5.04. The minimum Gasteiger partial charge on any atom is -0.444 e. The lowest BCUT2D eigenvalue weighted by Crippen LogP contribution is -2.41. The number of amides is 1. The van der Waals surface area contributed by atoms with Gasteiger partial charge in [0.2, 0.25) is 0 Å². The van der Waals surface area contributed by atoms with E-state index < -0.39 is 15.7 Å². The average molecular weight is 432 g/mol. The molecule has 2 aromatic rings. The van der Waals surface area contributed by atoms with Gasteiger partial charge in [0.25, 0.3) is 10.1 Å². The zero-order valence-corrected chi connectivity index (χ0v) is 18.5. The van der Waals surface area contributed by atoms with Crippen LogP contribution >= 0.6 is 0 Å². The molecule has 2 aromatic carbocycles. The van der Waals surface area contributed by atoms with Crippen molar-refractivity contribution in [2.75, 3.05) is 13.1 Å². The quantitative estimate of drug-likeness (QED) is 0.641. The summed E-state index contributed by atoms with van der Waals surface area (Å²) in [7, 11) is -3.81. The van der Waals surface area contributed by atoms with Gasteiger partial charge in [0.15, 0.2) is 0 Å². The molecule has 1 saturated heterocycles. The minimum atomic E-state index is -3.81. The second-order valence-electron chi connectivity index (χ2n) is 8.47. The first kappa shape index (κ1) is 22.3. The monoisotopic (exact) mass is 431 g/mol. The molecular formula is C23H29NO5S. The second kappa shape index (κ2) is 9.18. The van der Waals surface area contributed by atoms with Crippen LogP contribution in [0.5, 0.6) is 0 Å². The van der Waals surface area contributed by atoms with Gasteiger partial charge in [-0.3, -0.25) is 4.18 Å². The van der Waals surface area contributed by atoms with Crippen LogP contribution in [-0.4, -0.2) is 38.1 Å². The topological polar surface area (TPSA) is 72.9 Å². The highest BCUT2D eigenvalue weighted by atomic mass is 32.2. The molecule has 6 nitrogen and oxygen atoms in total. The van der Waals surface area contributed by atoms with Gasteiger partial charge in [0.1, 0.15) is 5.60 Å². The normalized spacial score (nSPS) is 15.8. The number of likely N-dealkylation sites (tertiary alicyclic amines) is 1. The molecule has 3 rings (SSSR count). The summed E-state index contributed by atoms with van der Waals surface area (Å²) in [6.07, 6.45) is 1.30. The molecular weight excluding hydrogens is 402 g/mol. The Hall–Kier alpha value is -2.38. The van der Waals surface area contributed by atoms with Crippen LogP contribution in [-0.2, 0) is 25.6 Å². The standard InChI is InChI=1S/C23H29NO5S/c1-23(2,3)29-22(25)24-15-13-18(14-16-24)21-12-8-7-9-19(21)17-28-30(26,27)20-10-5-4-6-11-20/h4-12,18H,13-17H2,1-3H3. The molecule has 0 aliphatic carbocycles. The zero-order valence-electron chi connectivity index (χ0n) is 17.7. The number of nitrogens with zero attached hydrogens (tertiary/aromatic N) is 1. The highest BCUT2D eigenvalue weighted by Crippen LogP contribution is 2.31. The van der Waals surface area contributed by atoms with Crippen molar-refractivity contribution in [2.45, 2.75) is 56.6 Å². The largest absolute Gasteiger partial charge is 0.444 e. The SMILES string of the molecule is CC(C)(C)OC(=O)N1CCC(c2ccccc2COS(=O)(=O)c2ccccc2)CC1. The van der Waals surface area contributed by atoms with Crippen molar-refractivity contribution in [3.8, 4) is 0 Å². The summed E-state index contributed by atoms with van der Waals surface area (Å²) in [5.41, 5.74) is 1.42. The van der Waals surface area contributed by atoms with Gasteiger partial charge in [-0.1, -0.05) is 42.5 Å². The first-order chi connectivity index (χ1) is 14.2. The van der Waals surface area contributed by atoms with Crippen molar-refractivity contribution < 1.29 is 22.1 Å². The van der Waals surface area contributed by atoms with Crippen LogP contribution < -0.4 is 0 Å². The van der Waals surface area contributed by atoms with Crippen LogP contribution in [0.1, 0.15) is 50.7 Å². The van der Waals surface area contributed by atoms with Crippen LogP contribution in [0.4, 0.5) is 4.79 Å². The Balaban J connectivity index is 1.64. The van der Waals surface area contributed by atoms with E-state index in [0.29, 0.717) is 13.1 Å². The molecule has 1 heterocycles. The highest BCUT2D eigenvalue weighted by molar-refractivity contribution is 7.86. The van der Waals surface area contributed by atoms with Crippen molar-refractivity contribution in [1.29, 1.82) is 0 Å². The van der Waals surface area contributed by atoms with Crippen LogP contribution in [0.25, 0.3) is 0 Å². The Morgan fingerprint density at radius 1 is 1.00 bits per heavy atom. The lowest BCUT2D eigenvalue weighted by molar-refractivity contribution is 0.0204. The fraction of sp³-hybridized carbons (Fsp3) is 0.435. The Bertz CT molecular complexity index is 959. The maximum Gasteiger partial charge on any atom is 0.410 e. The molecule has 0 N–H and O–H groups in total. The third-order valence-corrected chi connectivity index (χ3v) is 6.32. The lowest BCUT2D eigenvalue weighted by atomic mass is 9.87. The molecule has 1 aliphatic heterocycles. The number of benzene rings is 2. The van der Waals surface area contributed by atoms with Crippen molar-refractivity contribution >= 4 is 16.2 Å². The molecule has 30 heavy (non-hydrogen) atoms. The minimum absolute atomic E-state index is 0.0142. The Kier molecular flexibility index (Phi) is 6.83. The summed E-state index contributed by atoms with van der Waals surface area (Å²) >= 11 is 0. The van der Waals surface area contributed by atoms with E-state index in [0.717, 1.165) is 24.0 Å². The van der Waals surface area contributed by atoms with Gasteiger partial charge in [-0.25, -0.2) is 4.79 Å². The van der Waals surface area contributed by atoms with E-state index in [9.17, 15) is 13.2 Å². The van der Waals surface area contributed by atoms with Crippen molar-refractivity contribution in [3.63, 3.8) is 0 Å². The molecule has 0 spiro atoms. The number of hydrogen-bond acceptors (Lipinski definition) is 5. The summed E-state index contributed by atoms with van der Waals surface area (Å²) in [6.45, 7) is 6.78. The maximum absolute atomic E-state index is 12.4. The van der Waals surface area contributed by atoms with Gasteiger partial charge >= 0.3 is 6.09 Å². The van der Waals surface area contributed by atoms with Gasteiger partial charge in [-0.15, -0.1) is 0 Å². The van der Waals surface area contributed by atoms with Gasteiger partial charge in [0.05, 0.1) is 11.5 Å². The summed E-state index contributed by atoms with van der Waals surface area (Å²) in [5, 5.41) is 0. The average Bonchev–Trinajstić information content (AvgIpc) is 2.72. The van der Waals surface area contributed by atoms with Gasteiger partial charge in [-0.05, 0) is 62.8 Å². The molecule has 1 amide bonds. The molecule has 0 atom stereocenters. The molecule has 1 fully saturated rings. The predicted molar refractivity (Wildman–Crippen MR) is 115 cm³/mol. The molecule has 7 heteroatoms. The number of hydrogen-bond donors (Lipinski definition) is 0. The first-order valence-electron chi connectivity index (χ1n) is 10.2. The van der Waals surface area contributed by atoms with Crippen LogP contribution in [0, 0.1) is 0 Å². The maximum atomic E-state index is 12.4. The number of rotatable bonds is 5. The Morgan fingerprint density at radius 3 is 2.23 bits per heavy atom. The number of piperidine rings is 1. The van der Waals surface area contributed by atoms with Gasteiger partial charge in [-0.2, -0.15) is 8.42 Å². The molecule has 0 radical (unpaired) electrons. The number of carbonyl (C=O) groups is 1. The number of ether oxygens (including phenoxy) is 1. The van der Waals surface area contributed by atoms with E-state index >= 15 is 0 Å². The molecule has 0 unspecified atom stereocenters. The summed E-state index contributed by atoms with van der Waals surface area (Å²) in [4.78, 5) is 14.2. The molecule has 0 bridgehead atoms. The molecule has 0 aromatic heterocycles. The fourth-order valence-corrected chi connectivity index (χ4v) is 4.47. The Morgan fingerprint density at radius 2 is 1.60 bits per heavy atom. The van der Waals surface area contributed by atoms with E-state index in [4.69, 9.17) is 8.92 Å². The van der Waals surface area contributed by atoms with Crippen LogP contribution in [0.15, 0.2) is 59.5 Å². The van der Waals surface area contributed by atoms with Crippen molar-refractivity contribution in [2.24, 2.45) is 0 Å². The lowest BCUT2D eigenvalue weighted by Gasteiger charge is -2.34. The van der Waals surface area contributed by atoms with Gasteiger partial charge in [0, 0.05) is 13.1 Å². The third kappa shape index (κ3) is 5.83.